The molecule has 3 rings (SSSR count). The molecule has 1 saturated heterocycles. The largest absolute Gasteiger partial charge is 0.308 e. The van der Waals surface area contributed by atoms with Gasteiger partial charge < -0.3 is 5.32 Å². The zero-order valence-electron chi connectivity index (χ0n) is 10.3. The van der Waals surface area contributed by atoms with Crippen LogP contribution >= 0.6 is 0 Å². The fourth-order valence-corrected chi connectivity index (χ4v) is 2.66. The van der Waals surface area contributed by atoms with E-state index in [4.69, 9.17) is 0 Å². The first kappa shape index (κ1) is 12.1. The van der Waals surface area contributed by atoms with Crippen LogP contribution in [0, 0.1) is 11.6 Å². The van der Waals surface area contributed by atoms with Crippen LogP contribution in [-0.2, 0) is 6.54 Å². The van der Waals surface area contributed by atoms with Crippen molar-refractivity contribution in [2.75, 3.05) is 13.1 Å². The van der Waals surface area contributed by atoms with E-state index < -0.39 is 11.6 Å². The Morgan fingerprint density at radius 3 is 2.83 bits per heavy atom. The number of hydrogen-bond donors (Lipinski definition) is 1. The summed E-state index contributed by atoms with van der Waals surface area (Å²) in [7, 11) is 0. The third-order valence-corrected chi connectivity index (χ3v) is 3.90. The lowest BCUT2D eigenvalue weighted by atomic mass is 10.2. The summed E-state index contributed by atoms with van der Waals surface area (Å²) < 4.78 is 26.5. The van der Waals surface area contributed by atoms with E-state index in [1.165, 1.54) is 12.8 Å². The Morgan fingerprint density at radius 2 is 2.06 bits per heavy atom. The lowest BCUT2D eigenvalue weighted by Crippen LogP contribution is -2.33. The molecule has 1 unspecified atom stereocenters. The second-order valence-electron chi connectivity index (χ2n) is 5.31. The third kappa shape index (κ3) is 2.54. The van der Waals surface area contributed by atoms with Crippen molar-refractivity contribution in [2.24, 2.45) is 0 Å². The van der Waals surface area contributed by atoms with Crippen LogP contribution in [0.3, 0.4) is 0 Å². The van der Waals surface area contributed by atoms with E-state index in [-0.39, 0.29) is 0 Å². The number of hydrogen-bond acceptors (Lipinski definition) is 2. The molecule has 1 N–H and O–H groups in total. The molecular weight excluding hydrogens is 234 g/mol. The summed E-state index contributed by atoms with van der Waals surface area (Å²) >= 11 is 0. The number of halogens is 2. The van der Waals surface area contributed by atoms with Crippen molar-refractivity contribution in [1.82, 2.24) is 10.2 Å². The zero-order valence-corrected chi connectivity index (χ0v) is 10.3. The quantitative estimate of drug-likeness (QED) is 0.884. The van der Waals surface area contributed by atoms with Gasteiger partial charge in [0.2, 0.25) is 0 Å². The van der Waals surface area contributed by atoms with Gasteiger partial charge in [-0.15, -0.1) is 0 Å². The predicted octanol–water partition coefficient (Wildman–Crippen LogP) is 2.29. The van der Waals surface area contributed by atoms with Gasteiger partial charge in [0.15, 0.2) is 11.6 Å². The van der Waals surface area contributed by atoms with E-state index >= 15 is 0 Å². The maximum atomic E-state index is 13.5. The minimum Gasteiger partial charge on any atom is -0.308 e. The molecule has 1 aliphatic carbocycles. The molecule has 1 aromatic carbocycles. The van der Waals surface area contributed by atoms with Gasteiger partial charge in [-0.05, 0) is 25.3 Å². The van der Waals surface area contributed by atoms with Gasteiger partial charge in [-0.25, -0.2) is 8.78 Å². The highest BCUT2D eigenvalue weighted by molar-refractivity contribution is 5.18. The van der Waals surface area contributed by atoms with Crippen LogP contribution in [0.15, 0.2) is 18.2 Å². The average Bonchev–Trinajstić information content (AvgIpc) is 3.11. The van der Waals surface area contributed by atoms with Crippen LogP contribution in [0.25, 0.3) is 0 Å². The Morgan fingerprint density at radius 1 is 1.22 bits per heavy atom. The van der Waals surface area contributed by atoms with Gasteiger partial charge in [0.25, 0.3) is 0 Å². The summed E-state index contributed by atoms with van der Waals surface area (Å²) in [6.45, 7) is 2.59. The van der Waals surface area contributed by atoms with E-state index in [0.717, 1.165) is 31.6 Å². The third-order valence-electron chi connectivity index (χ3n) is 3.90. The van der Waals surface area contributed by atoms with Crippen molar-refractivity contribution in [3.05, 3.63) is 35.4 Å². The Hall–Kier alpha value is -1.00. The van der Waals surface area contributed by atoms with Crippen LogP contribution < -0.4 is 5.32 Å². The normalized spacial score (nSPS) is 24.7. The predicted molar refractivity (Wildman–Crippen MR) is 66.2 cm³/mol. The number of rotatable bonds is 4. The zero-order chi connectivity index (χ0) is 12.5. The van der Waals surface area contributed by atoms with Crippen LogP contribution in [0.4, 0.5) is 8.78 Å². The molecular formula is C14H18F2N2. The van der Waals surface area contributed by atoms with Crippen molar-refractivity contribution in [2.45, 2.75) is 37.9 Å². The molecule has 1 aromatic rings. The summed E-state index contributed by atoms with van der Waals surface area (Å²) in [6.07, 6.45) is 3.75. The molecule has 0 amide bonds. The maximum absolute atomic E-state index is 13.5. The van der Waals surface area contributed by atoms with E-state index in [1.54, 1.807) is 12.1 Å². The minimum atomic E-state index is -0.764. The molecule has 0 radical (unpaired) electrons. The van der Waals surface area contributed by atoms with Gasteiger partial charge in [-0.3, -0.25) is 4.90 Å². The van der Waals surface area contributed by atoms with Crippen LogP contribution in [0.5, 0.6) is 0 Å². The first-order valence-corrected chi connectivity index (χ1v) is 6.64. The number of nitrogens with zero attached hydrogens (tertiary/aromatic N) is 1. The highest BCUT2D eigenvalue weighted by Crippen LogP contribution is 2.29. The van der Waals surface area contributed by atoms with E-state index in [0.29, 0.717) is 18.2 Å². The van der Waals surface area contributed by atoms with Crippen molar-refractivity contribution < 1.29 is 8.78 Å². The fraction of sp³-hybridized carbons (Fsp3) is 0.571. The smallest absolute Gasteiger partial charge is 0.163 e. The first-order valence-electron chi connectivity index (χ1n) is 6.64. The topological polar surface area (TPSA) is 15.3 Å². The van der Waals surface area contributed by atoms with Gasteiger partial charge >= 0.3 is 0 Å². The number of nitrogens with one attached hydrogen (secondary N) is 1. The number of likely N-dealkylation sites (tertiary alicyclic amines) is 1. The molecule has 1 atom stereocenters. The molecule has 0 spiro atoms. The molecule has 0 aromatic heterocycles. The molecule has 0 bridgehead atoms. The van der Waals surface area contributed by atoms with Gasteiger partial charge in [0, 0.05) is 37.3 Å². The SMILES string of the molecule is Fc1cccc(CNC2CCN(C3CC3)C2)c1F. The molecule has 4 heteroatoms. The molecule has 1 saturated carbocycles. The Bertz CT molecular complexity index is 432. The van der Waals surface area contributed by atoms with Crippen LogP contribution in [0.2, 0.25) is 0 Å². The highest BCUT2D eigenvalue weighted by Gasteiger charge is 2.34. The summed E-state index contributed by atoms with van der Waals surface area (Å²) in [6, 6.07) is 5.55. The molecule has 98 valence electrons. The molecule has 2 aliphatic rings. The van der Waals surface area contributed by atoms with Gasteiger partial charge in [-0.2, -0.15) is 0 Å². The second-order valence-corrected chi connectivity index (χ2v) is 5.31. The van der Waals surface area contributed by atoms with Crippen molar-refractivity contribution in [1.29, 1.82) is 0 Å². The fourth-order valence-electron chi connectivity index (χ4n) is 2.66. The molecule has 1 aliphatic heterocycles. The van der Waals surface area contributed by atoms with E-state index in [1.807, 2.05) is 0 Å². The lowest BCUT2D eigenvalue weighted by Gasteiger charge is -2.16. The van der Waals surface area contributed by atoms with Crippen molar-refractivity contribution >= 4 is 0 Å². The van der Waals surface area contributed by atoms with Crippen LogP contribution in [0.1, 0.15) is 24.8 Å². The summed E-state index contributed by atoms with van der Waals surface area (Å²) in [4.78, 5) is 2.50. The second kappa shape index (κ2) is 4.94. The van der Waals surface area contributed by atoms with E-state index in [2.05, 4.69) is 10.2 Å². The van der Waals surface area contributed by atoms with Crippen molar-refractivity contribution in [3.8, 4) is 0 Å². The van der Waals surface area contributed by atoms with Crippen molar-refractivity contribution in [3.63, 3.8) is 0 Å². The summed E-state index contributed by atoms with van der Waals surface area (Å²) in [5.74, 6) is -1.48. The summed E-state index contributed by atoms with van der Waals surface area (Å²) in [5, 5.41) is 3.33. The Kier molecular flexibility index (Phi) is 3.31. The number of benzene rings is 1. The molecule has 1 heterocycles. The maximum Gasteiger partial charge on any atom is 0.163 e. The lowest BCUT2D eigenvalue weighted by molar-refractivity contribution is 0.317. The Labute approximate surface area is 106 Å². The molecule has 2 fully saturated rings. The monoisotopic (exact) mass is 252 g/mol. The average molecular weight is 252 g/mol. The highest BCUT2D eigenvalue weighted by atomic mass is 19.2. The molecule has 18 heavy (non-hydrogen) atoms. The minimum absolute atomic E-state index is 0.409. The standard InChI is InChI=1S/C14H18F2N2/c15-13-3-1-2-10(14(13)16)8-17-11-6-7-18(9-11)12-4-5-12/h1-3,11-12,17H,4-9H2. The summed E-state index contributed by atoms with van der Waals surface area (Å²) in [5.41, 5.74) is 0.417. The van der Waals surface area contributed by atoms with Gasteiger partial charge in [0.05, 0.1) is 0 Å². The first-order chi connectivity index (χ1) is 8.74. The Balaban J connectivity index is 1.53. The van der Waals surface area contributed by atoms with Crippen LogP contribution in [-0.4, -0.2) is 30.1 Å². The van der Waals surface area contributed by atoms with Gasteiger partial charge in [-0.1, -0.05) is 12.1 Å². The molecule has 2 nitrogen and oxygen atoms in total. The van der Waals surface area contributed by atoms with Gasteiger partial charge in [0.1, 0.15) is 0 Å². The van der Waals surface area contributed by atoms with E-state index in [9.17, 15) is 8.78 Å².